The maximum absolute atomic E-state index is 13.8. The minimum absolute atomic E-state index is 0.197. The number of aryl methyl sites for hydroxylation is 1. The predicted molar refractivity (Wildman–Crippen MR) is 168 cm³/mol. The van der Waals surface area contributed by atoms with E-state index < -0.39 is 41.2 Å². The number of amides is 2. The minimum atomic E-state index is -0.775. The van der Waals surface area contributed by atoms with Crippen molar-refractivity contribution >= 4 is 29.2 Å². The molecule has 44 heavy (non-hydrogen) atoms. The summed E-state index contributed by atoms with van der Waals surface area (Å²) in [6.07, 6.45) is 2.26. The van der Waals surface area contributed by atoms with Gasteiger partial charge >= 0.3 is 6.09 Å². The summed E-state index contributed by atoms with van der Waals surface area (Å²) in [6, 6.07) is 15.9. The number of rotatable bonds is 8. The number of carbonyl (C=O) groups is 3. The fourth-order valence-corrected chi connectivity index (χ4v) is 4.39. The number of halogens is 1. The Bertz CT molecular complexity index is 1680. The summed E-state index contributed by atoms with van der Waals surface area (Å²) in [5, 5.41) is 5.46. The van der Waals surface area contributed by atoms with Crippen molar-refractivity contribution in [2.45, 2.75) is 66.1 Å². The van der Waals surface area contributed by atoms with E-state index in [2.05, 4.69) is 15.6 Å². The first-order valence-electron chi connectivity index (χ1n) is 14.1. The topological polar surface area (TPSA) is 112 Å². The Morgan fingerprint density at radius 2 is 1.57 bits per heavy atom. The van der Waals surface area contributed by atoms with Crippen molar-refractivity contribution in [1.29, 1.82) is 0 Å². The van der Waals surface area contributed by atoms with Gasteiger partial charge in [0.15, 0.2) is 5.78 Å². The van der Waals surface area contributed by atoms with Gasteiger partial charge in [0.05, 0.1) is 17.8 Å². The van der Waals surface area contributed by atoms with Crippen molar-refractivity contribution in [1.82, 2.24) is 9.55 Å². The summed E-state index contributed by atoms with van der Waals surface area (Å²) in [7, 11) is 0. The largest absolute Gasteiger partial charge is 0.487 e. The lowest BCUT2D eigenvalue weighted by molar-refractivity contribution is -0.115. The number of benzene rings is 3. The highest BCUT2D eigenvalue weighted by molar-refractivity contribution is 6.12. The highest BCUT2D eigenvalue weighted by Crippen LogP contribution is 2.40. The standard InChI is InChI=1S/C34H37FN4O5/c1-21-36-15-16-39(21)25-10-8-9-23(17-25)29(40)20-31(41)37-27-18-26(22-11-13-24(35)14-12-22)30(43-33(2,3)4)19-28(27)38-32(42)44-34(5,6)7/h8-19H,20H2,1-7H3,(H,37,41)(H,38,42). The van der Waals surface area contributed by atoms with Crippen molar-refractivity contribution in [3.63, 3.8) is 0 Å². The van der Waals surface area contributed by atoms with E-state index in [0.717, 1.165) is 11.5 Å². The molecule has 0 unspecified atom stereocenters. The van der Waals surface area contributed by atoms with E-state index in [1.807, 2.05) is 38.3 Å². The van der Waals surface area contributed by atoms with Gasteiger partial charge in [-0.2, -0.15) is 0 Å². The molecule has 0 saturated heterocycles. The van der Waals surface area contributed by atoms with Crippen LogP contribution < -0.4 is 15.4 Å². The second-order valence-corrected chi connectivity index (χ2v) is 12.3. The van der Waals surface area contributed by atoms with Crippen LogP contribution in [0.3, 0.4) is 0 Å². The molecule has 0 bridgehead atoms. The molecule has 0 spiro atoms. The first-order valence-corrected chi connectivity index (χ1v) is 14.1. The number of hydrogen-bond donors (Lipinski definition) is 2. The predicted octanol–water partition coefficient (Wildman–Crippen LogP) is 7.72. The molecule has 0 aliphatic rings. The van der Waals surface area contributed by atoms with Crippen LogP contribution >= 0.6 is 0 Å². The number of anilines is 2. The molecule has 9 nitrogen and oxygen atoms in total. The second-order valence-electron chi connectivity index (χ2n) is 12.3. The van der Waals surface area contributed by atoms with E-state index >= 15 is 0 Å². The molecule has 2 amide bonds. The fourth-order valence-electron chi connectivity index (χ4n) is 4.39. The van der Waals surface area contributed by atoms with Crippen LogP contribution in [-0.2, 0) is 9.53 Å². The van der Waals surface area contributed by atoms with Crippen molar-refractivity contribution in [3.8, 4) is 22.6 Å². The quantitative estimate of drug-likeness (QED) is 0.158. The Morgan fingerprint density at radius 1 is 0.886 bits per heavy atom. The summed E-state index contributed by atoms with van der Waals surface area (Å²) in [6.45, 7) is 12.6. The monoisotopic (exact) mass is 600 g/mol. The number of ether oxygens (including phenoxy) is 2. The fraction of sp³-hybridized carbons (Fsp3) is 0.294. The van der Waals surface area contributed by atoms with E-state index in [4.69, 9.17) is 9.47 Å². The second kappa shape index (κ2) is 12.7. The Kier molecular flexibility index (Phi) is 9.22. The van der Waals surface area contributed by atoms with Crippen molar-refractivity contribution in [2.75, 3.05) is 10.6 Å². The lowest BCUT2D eigenvalue weighted by atomic mass is 10.0. The van der Waals surface area contributed by atoms with Crippen LogP contribution in [0, 0.1) is 12.7 Å². The molecule has 10 heteroatoms. The van der Waals surface area contributed by atoms with Gasteiger partial charge in [-0.15, -0.1) is 0 Å². The SMILES string of the molecule is Cc1nccn1-c1cccc(C(=O)CC(=O)Nc2cc(-c3ccc(F)cc3)c(OC(C)(C)C)cc2NC(=O)OC(C)(C)C)c1. The molecule has 2 N–H and O–H groups in total. The molecule has 4 rings (SSSR count). The summed E-state index contributed by atoms with van der Waals surface area (Å²) in [4.78, 5) is 43.4. The first-order chi connectivity index (χ1) is 20.6. The number of ketones is 1. The lowest BCUT2D eigenvalue weighted by Crippen LogP contribution is -2.28. The van der Waals surface area contributed by atoms with Crippen LogP contribution in [0.2, 0.25) is 0 Å². The van der Waals surface area contributed by atoms with Gasteiger partial charge in [-0.1, -0.05) is 24.3 Å². The van der Waals surface area contributed by atoms with Crippen molar-refractivity contribution in [3.05, 3.63) is 90.3 Å². The highest BCUT2D eigenvalue weighted by atomic mass is 19.1. The lowest BCUT2D eigenvalue weighted by Gasteiger charge is -2.26. The van der Waals surface area contributed by atoms with Gasteiger partial charge in [0.1, 0.15) is 28.6 Å². The third-order valence-electron chi connectivity index (χ3n) is 6.19. The summed E-state index contributed by atoms with van der Waals surface area (Å²) in [5.41, 5.74) is 1.26. The average molecular weight is 601 g/mol. The Hall–Kier alpha value is -4.99. The van der Waals surface area contributed by atoms with E-state index in [9.17, 15) is 18.8 Å². The van der Waals surface area contributed by atoms with Crippen LogP contribution in [0.4, 0.5) is 20.6 Å². The number of hydrogen-bond acceptors (Lipinski definition) is 6. The Morgan fingerprint density at radius 3 is 2.18 bits per heavy atom. The summed E-state index contributed by atoms with van der Waals surface area (Å²) < 4.78 is 27.3. The molecule has 1 aromatic heterocycles. The molecule has 0 aliphatic heterocycles. The van der Waals surface area contributed by atoms with Gasteiger partial charge in [0, 0.05) is 35.3 Å². The van der Waals surface area contributed by atoms with Crippen molar-refractivity contribution < 1.29 is 28.2 Å². The smallest absolute Gasteiger partial charge is 0.412 e. The number of aromatic nitrogens is 2. The summed E-state index contributed by atoms with van der Waals surface area (Å²) >= 11 is 0. The van der Waals surface area contributed by atoms with Crippen LogP contribution in [-0.4, -0.2) is 38.5 Å². The van der Waals surface area contributed by atoms with E-state index in [-0.39, 0.29) is 11.4 Å². The Balaban J connectivity index is 1.68. The first kappa shape index (κ1) is 31.9. The minimum Gasteiger partial charge on any atom is -0.487 e. The molecular formula is C34H37FN4O5. The van der Waals surface area contributed by atoms with Crippen LogP contribution in [0.15, 0.2) is 73.1 Å². The maximum atomic E-state index is 13.8. The molecule has 230 valence electrons. The Labute approximate surface area is 256 Å². The third-order valence-corrected chi connectivity index (χ3v) is 6.19. The molecule has 0 atom stereocenters. The number of nitrogens with one attached hydrogen (secondary N) is 2. The van der Waals surface area contributed by atoms with Crippen LogP contribution in [0.1, 0.15) is 64.1 Å². The zero-order chi connectivity index (χ0) is 32.2. The summed E-state index contributed by atoms with van der Waals surface area (Å²) in [5.74, 6) is -0.255. The van der Waals surface area contributed by atoms with E-state index in [1.165, 1.54) is 12.1 Å². The molecule has 3 aromatic carbocycles. The zero-order valence-electron chi connectivity index (χ0n) is 25.9. The number of Topliss-reactive ketones (excluding diaryl/α,β-unsaturated/α-hetero) is 1. The van der Waals surface area contributed by atoms with Gasteiger partial charge in [-0.3, -0.25) is 14.9 Å². The van der Waals surface area contributed by atoms with Crippen LogP contribution in [0.25, 0.3) is 16.8 Å². The van der Waals surface area contributed by atoms with Gasteiger partial charge in [-0.05, 0) is 84.4 Å². The third kappa shape index (κ3) is 8.53. The molecule has 1 heterocycles. The van der Waals surface area contributed by atoms with E-state index in [1.54, 1.807) is 75.6 Å². The van der Waals surface area contributed by atoms with Gasteiger partial charge in [0.25, 0.3) is 0 Å². The zero-order valence-corrected chi connectivity index (χ0v) is 25.9. The van der Waals surface area contributed by atoms with Crippen LogP contribution in [0.5, 0.6) is 5.75 Å². The average Bonchev–Trinajstić information content (AvgIpc) is 3.34. The maximum Gasteiger partial charge on any atom is 0.412 e. The molecule has 0 fully saturated rings. The van der Waals surface area contributed by atoms with E-state index in [0.29, 0.717) is 22.4 Å². The van der Waals surface area contributed by atoms with Crippen molar-refractivity contribution in [2.24, 2.45) is 0 Å². The molecule has 4 aromatic rings. The number of nitrogens with zero attached hydrogens (tertiary/aromatic N) is 2. The molecule has 0 radical (unpaired) electrons. The number of carbonyl (C=O) groups excluding carboxylic acids is 3. The van der Waals surface area contributed by atoms with Gasteiger partial charge < -0.3 is 19.4 Å². The molecular weight excluding hydrogens is 563 g/mol. The van der Waals surface area contributed by atoms with Gasteiger partial charge in [-0.25, -0.2) is 14.2 Å². The molecule has 0 saturated carbocycles. The normalized spacial score (nSPS) is 11.5. The number of imidazole rings is 1. The molecule has 0 aliphatic carbocycles. The van der Waals surface area contributed by atoms with Gasteiger partial charge in [0.2, 0.25) is 5.91 Å². The highest BCUT2D eigenvalue weighted by Gasteiger charge is 2.23.